The van der Waals surface area contributed by atoms with E-state index in [0.717, 1.165) is 24.4 Å². The van der Waals surface area contributed by atoms with Gasteiger partial charge in [-0.05, 0) is 43.1 Å². The van der Waals surface area contributed by atoms with Crippen LogP contribution < -0.4 is 5.32 Å². The summed E-state index contributed by atoms with van der Waals surface area (Å²) in [7, 11) is 0. The second kappa shape index (κ2) is 7.22. The van der Waals surface area contributed by atoms with Crippen LogP contribution in [0.15, 0.2) is 36.4 Å². The molecule has 0 saturated heterocycles. The Hall–Kier alpha value is -1.65. The van der Waals surface area contributed by atoms with E-state index in [4.69, 9.17) is 5.11 Å². The number of carboxylic acids is 1. The maximum atomic E-state index is 10.6. The van der Waals surface area contributed by atoms with Crippen molar-refractivity contribution in [3.8, 4) is 0 Å². The Bertz CT molecular complexity index is 577. The van der Waals surface area contributed by atoms with Crippen molar-refractivity contribution in [2.45, 2.75) is 26.3 Å². The SMILES string of the molecule is Cc1ccccc1CCNCc1ccc(CC(=O)O)s1. The number of carbonyl (C=O) groups is 1. The minimum atomic E-state index is -0.772. The van der Waals surface area contributed by atoms with Gasteiger partial charge in [0.2, 0.25) is 0 Å². The summed E-state index contributed by atoms with van der Waals surface area (Å²) in [6.45, 7) is 3.86. The summed E-state index contributed by atoms with van der Waals surface area (Å²) >= 11 is 1.57. The summed E-state index contributed by atoms with van der Waals surface area (Å²) < 4.78 is 0. The number of aryl methyl sites for hydroxylation is 1. The maximum Gasteiger partial charge on any atom is 0.308 e. The fourth-order valence-electron chi connectivity index (χ4n) is 2.09. The molecule has 0 radical (unpaired) electrons. The molecule has 0 atom stereocenters. The van der Waals surface area contributed by atoms with Gasteiger partial charge >= 0.3 is 5.97 Å². The fourth-order valence-corrected chi connectivity index (χ4v) is 3.07. The molecule has 0 aliphatic heterocycles. The molecule has 106 valence electrons. The van der Waals surface area contributed by atoms with Crippen LogP contribution in [0.3, 0.4) is 0 Å². The molecule has 0 aliphatic rings. The van der Waals surface area contributed by atoms with Gasteiger partial charge in [-0.15, -0.1) is 11.3 Å². The monoisotopic (exact) mass is 289 g/mol. The first-order chi connectivity index (χ1) is 9.65. The highest BCUT2D eigenvalue weighted by molar-refractivity contribution is 7.12. The number of nitrogens with one attached hydrogen (secondary N) is 1. The summed E-state index contributed by atoms with van der Waals surface area (Å²) in [6.07, 6.45) is 1.13. The third-order valence-electron chi connectivity index (χ3n) is 3.17. The minimum Gasteiger partial charge on any atom is -0.481 e. The molecule has 0 saturated carbocycles. The average molecular weight is 289 g/mol. The Kier molecular flexibility index (Phi) is 5.32. The lowest BCUT2D eigenvalue weighted by Crippen LogP contribution is -2.16. The molecular weight excluding hydrogens is 270 g/mol. The number of rotatable bonds is 7. The topological polar surface area (TPSA) is 49.3 Å². The van der Waals surface area contributed by atoms with Gasteiger partial charge in [-0.1, -0.05) is 24.3 Å². The lowest BCUT2D eigenvalue weighted by atomic mass is 10.1. The first-order valence-corrected chi connectivity index (χ1v) is 7.51. The van der Waals surface area contributed by atoms with E-state index in [0.29, 0.717) is 0 Å². The van der Waals surface area contributed by atoms with E-state index < -0.39 is 5.97 Å². The number of aliphatic carboxylic acids is 1. The van der Waals surface area contributed by atoms with E-state index in [-0.39, 0.29) is 6.42 Å². The molecule has 1 aromatic heterocycles. The standard InChI is InChI=1S/C16H19NO2S/c1-12-4-2-3-5-13(12)8-9-17-11-15-7-6-14(20-15)10-16(18)19/h2-7,17H,8-11H2,1H3,(H,18,19). The van der Waals surface area contributed by atoms with E-state index in [1.165, 1.54) is 16.0 Å². The van der Waals surface area contributed by atoms with Gasteiger partial charge in [-0.3, -0.25) is 4.79 Å². The van der Waals surface area contributed by atoms with Crippen LogP contribution in [-0.4, -0.2) is 17.6 Å². The van der Waals surface area contributed by atoms with E-state index >= 15 is 0 Å². The van der Waals surface area contributed by atoms with Crippen LogP contribution in [0, 0.1) is 6.92 Å². The molecular formula is C16H19NO2S. The highest BCUT2D eigenvalue weighted by Crippen LogP contribution is 2.17. The van der Waals surface area contributed by atoms with E-state index in [1.807, 2.05) is 12.1 Å². The largest absolute Gasteiger partial charge is 0.481 e. The van der Waals surface area contributed by atoms with Crippen molar-refractivity contribution in [2.24, 2.45) is 0 Å². The highest BCUT2D eigenvalue weighted by Gasteiger charge is 2.04. The third-order valence-corrected chi connectivity index (χ3v) is 4.26. The molecule has 2 rings (SSSR count). The molecule has 0 spiro atoms. The average Bonchev–Trinajstić information content (AvgIpc) is 2.83. The zero-order valence-corrected chi connectivity index (χ0v) is 12.4. The van der Waals surface area contributed by atoms with Crippen molar-refractivity contribution < 1.29 is 9.90 Å². The van der Waals surface area contributed by atoms with Gasteiger partial charge in [-0.25, -0.2) is 0 Å². The van der Waals surface area contributed by atoms with Crippen LogP contribution in [0.1, 0.15) is 20.9 Å². The molecule has 0 amide bonds. The zero-order chi connectivity index (χ0) is 14.4. The molecule has 0 unspecified atom stereocenters. The molecule has 0 aliphatic carbocycles. The van der Waals surface area contributed by atoms with Crippen molar-refractivity contribution >= 4 is 17.3 Å². The molecule has 1 heterocycles. The summed E-state index contributed by atoms with van der Waals surface area (Å²) in [5.74, 6) is -0.772. The van der Waals surface area contributed by atoms with Crippen LogP contribution in [0.4, 0.5) is 0 Å². The summed E-state index contributed by atoms with van der Waals surface area (Å²) in [4.78, 5) is 12.7. The van der Waals surface area contributed by atoms with Crippen molar-refractivity contribution in [1.82, 2.24) is 5.32 Å². The van der Waals surface area contributed by atoms with Gasteiger partial charge in [0.25, 0.3) is 0 Å². The van der Waals surface area contributed by atoms with E-state index in [1.54, 1.807) is 11.3 Å². The lowest BCUT2D eigenvalue weighted by Gasteiger charge is -2.06. The summed E-state index contributed by atoms with van der Waals surface area (Å²) in [5, 5.41) is 12.1. The van der Waals surface area contributed by atoms with Gasteiger partial charge in [0.1, 0.15) is 0 Å². The van der Waals surface area contributed by atoms with Crippen molar-refractivity contribution in [3.05, 3.63) is 57.3 Å². The maximum absolute atomic E-state index is 10.6. The second-order valence-electron chi connectivity index (χ2n) is 4.79. The van der Waals surface area contributed by atoms with Crippen LogP contribution in [-0.2, 0) is 24.2 Å². The predicted molar refractivity (Wildman–Crippen MR) is 82.2 cm³/mol. The highest BCUT2D eigenvalue weighted by atomic mass is 32.1. The molecule has 0 fully saturated rings. The quantitative estimate of drug-likeness (QED) is 0.770. The minimum absolute atomic E-state index is 0.119. The smallest absolute Gasteiger partial charge is 0.308 e. The Morgan fingerprint density at radius 2 is 1.95 bits per heavy atom. The normalized spacial score (nSPS) is 10.7. The Labute approximate surface area is 123 Å². The number of carboxylic acid groups (broad SMARTS) is 1. The molecule has 1 aromatic carbocycles. The molecule has 3 nitrogen and oxygen atoms in total. The van der Waals surface area contributed by atoms with Crippen LogP contribution in [0.2, 0.25) is 0 Å². The Morgan fingerprint density at radius 1 is 1.20 bits per heavy atom. The van der Waals surface area contributed by atoms with Crippen LogP contribution in [0.25, 0.3) is 0 Å². The number of thiophene rings is 1. The van der Waals surface area contributed by atoms with Gasteiger partial charge in [0.15, 0.2) is 0 Å². The summed E-state index contributed by atoms with van der Waals surface area (Å²) in [5.41, 5.74) is 2.70. The fraction of sp³-hybridized carbons (Fsp3) is 0.312. The molecule has 2 aromatic rings. The third kappa shape index (κ3) is 4.47. The first-order valence-electron chi connectivity index (χ1n) is 6.70. The van der Waals surface area contributed by atoms with E-state index in [9.17, 15) is 4.79 Å². The van der Waals surface area contributed by atoms with Crippen molar-refractivity contribution in [1.29, 1.82) is 0 Å². The Morgan fingerprint density at radius 3 is 2.70 bits per heavy atom. The first kappa shape index (κ1) is 14.8. The predicted octanol–water partition coefficient (Wildman–Crippen LogP) is 3.02. The van der Waals surface area contributed by atoms with Crippen LogP contribution in [0.5, 0.6) is 0 Å². The van der Waals surface area contributed by atoms with E-state index in [2.05, 4.69) is 36.5 Å². The van der Waals surface area contributed by atoms with Crippen molar-refractivity contribution in [3.63, 3.8) is 0 Å². The molecule has 4 heteroatoms. The number of hydrogen-bond acceptors (Lipinski definition) is 3. The van der Waals surface area contributed by atoms with Crippen LogP contribution >= 0.6 is 11.3 Å². The van der Waals surface area contributed by atoms with Crippen molar-refractivity contribution in [2.75, 3.05) is 6.54 Å². The summed E-state index contributed by atoms with van der Waals surface area (Å²) in [6, 6.07) is 12.3. The lowest BCUT2D eigenvalue weighted by molar-refractivity contribution is -0.136. The molecule has 20 heavy (non-hydrogen) atoms. The Balaban J connectivity index is 1.75. The van der Waals surface area contributed by atoms with Gasteiger partial charge in [0, 0.05) is 16.3 Å². The molecule has 2 N–H and O–H groups in total. The number of benzene rings is 1. The zero-order valence-electron chi connectivity index (χ0n) is 11.6. The van der Waals surface area contributed by atoms with Gasteiger partial charge in [-0.2, -0.15) is 0 Å². The second-order valence-corrected chi connectivity index (χ2v) is 6.04. The molecule has 0 bridgehead atoms. The van der Waals surface area contributed by atoms with Gasteiger partial charge in [0.05, 0.1) is 6.42 Å². The number of hydrogen-bond donors (Lipinski definition) is 2. The van der Waals surface area contributed by atoms with Gasteiger partial charge < -0.3 is 10.4 Å².